The molecule has 3 aliphatic heterocycles. The molecule has 9 nitrogen and oxygen atoms in total. The van der Waals surface area contributed by atoms with Gasteiger partial charge in [-0.15, -0.1) is 0 Å². The van der Waals surface area contributed by atoms with E-state index in [0.29, 0.717) is 24.4 Å². The first kappa shape index (κ1) is 25.1. The van der Waals surface area contributed by atoms with Crippen LogP contribution in [0.25, 0.3) is 0 Å². The molecule has 1 aromatic carbocycles. The number of piperazine rings is 1. The van der Waals surface area contributed by atoms with Crippen LogP contribution in [0.3, 0.4) is 0 Å². The highest BCUT2D eigenvalue weighted by atomic mass is 32.2. The molecular formula is C24H37N5O4S. The van der Waals surface area contributed by atoms with E-state index >= 15 is 0 Å². The zero-order chi connectivity index (χ0) is 24.5. The maximum Gasteiger partial charge on any atom is 0.239 e. The van der Waals surface area contributed by atoms with E-state index in [1.54, 1.807) is 12.1 Å². The van der Waals surface area contributed by atoms with Crippen molar-refractivity contribution in [2.75, 3.05) is 59.6 Å². The summed E-state index contributed by atoms with van der Waals surface area (Å²) in [4.78, 5) is 34.8. The number of fused-ring (bicyclic) bond motifs is 1. The lowest BCUT2D eigenvalue weighted by molar-refractivity contribution is -0.133. The highest BCUT2D eigenvalue weighted by Crippen LogP contribution is 2.29. The number of hydrogen-bond acceptors (Lipinski definition) is 7. The molecule has 0 unspecified atom stereocenters. The van der Waals surface area contributed by atoms with Gasteiger partial charge in [-0.3, -0.25) is 19.4 Å². The van der Waals surface area contributed by atoms with Crippen LogP contribution in [0.5, 0.6) is 0 Å². The van der Waals surface area contributed by atoms with Gasteiger partial charge in [0.15, 0.2) is 9.84 Å². The molecule has 0 radical (unpaired) electrons. The minimum Gasteiger partial charge on any atom is -0.353 e. The Hall–Kier alpha value is -2.01. The molecule has 1 N–H and O–H groups in total. The third-order valence-electron chi connectivity index (χ3n) is 7.63. The Morgan fingerprint density at radius 3 is 2.38 bits per heavy atom. The molecule has 2 amide bonds. The van der Waals surface area contributed by atoms with E-state index in [1.165, 1.54) is 6.26 Å². The number of likely N-dealkylation sites (N-methyl/N-ethyl adjacent to an activating group) is 2. The number of amides is 2. The summed E-state index contributed by atoms with van der Waals surface area (Å²) in [7, 11) is 0.929. The van der Waals surface area contributed by atoms with Gasteiger partial charge in [0.1, 0.15) is 6.04 Å². The number of nitrogens with one attached hydrogen (secondary N) is 1. The van der Waals surface area contributed by atoms with E-state index in [1.807, 2.05) is 17.0 Å². The monoisotopic (exact) mass is 491 g/mol. The molecule has 4 rings (SSSR count). The summed E-state index contributed by atoms with van der Waals surface area (Å²) in [6.45, 7) is 5.36. The van der Waals surface area contributed by atoms with Crippen molar-refractivity contribution < 1.29 is 18.0 Å². The van der Waals surface area contributed by atoms with Gasteiger partial charge in [-0.1, -0.05) is 12.1 Å². The fourth-order valence-corrected chi connectivity index (χ4v) is 6.04. The van der Waals surface area contributed by atoms with Crippen LogP contribution in [0.4, 0.5) is 0 Å². The smallest absolute Gasteiger partial charge is 0.239 e. The lowest BCUT2D eigenvalue weighted by Crippen LogP contribution is -2.50. The molecule has 0 aromatic heterocycles. The molecule has 0 aliphatic carbocycles. The third-order valence-corrected chi connectivity index (χ3v) is 8.76. The van der Waals surface area contributed by atoms with Crippen molar-refractivity contribution in [3.8, 4) is 0 Å². The van der Waals surface area contributed by atoms with E-state index < -0.39 is 9.84 Å². The zero-order valence-corrected chi connectivity index (χ0v) is 21.3. The van der Waals surface area contributed by atoms with Crippen LogP contribution in [0.15, 0.2) is 29.2 Å². The van der Waals surface area contributed by atoms with E-state index in [-0.39, 0.29) is 29.9 Å². The third kappa shape index (κ3) is 5.62. The summed E-state index contributed by atoms with van der Waals surface area (Å²) < 4.78 is 23.5. The number of carbonyl (C=O) groups is 2. The van der Waals surface area contributed by atoms with Gasteiger partial charge in [0.25, 0.3) is 0 Å². The number of benzene rings is 1. The number of hydrogen-bond donors (Lipinski definition) is 1. The van der Waals surface area contributed by atoms with Gasteiger partial charge in [0.2, 0.25) is 11.8 Å². The minimum absolute atomic E-state index is 0.0370. The molecule has 3 atom stereocenters. The summed E-state index contributed by atoms with van der Waals surface area (Å²) >= 11 is 0. The Balaban J connectivity index is 1.36. The van der Waals surface area contributed by atoms with Gasteiger partial charge in [0.05, 0.1) is 4.90 Å². The Bertz CT molecular complexity index is 991. The largest absolute Gasteiger partial charge is 0.353 e. The number of rotatable bonds is 6. The van der Waals surface area contributed by atoms with Crippen LogP contribution >= 0.6 is 0 Å². The van der Waals surface area contributed by atoms with Crippen molar-refractivity contribution in [1.82, 2.24) is 24.9 Å². The standard InChI is InChI=1S/C24H37N5O4S/c1-26-12-14-28(15-13-26)22(30)9-6-19-16-25-24(31)23-21(27(19)2)10-11-29(23)17-18-4-7-20(8-5-18)34(3,32)33/h4-5,7-8,19,21,23H,6,9-17H2,1-3H3,(H,25,31)/t19-,21+,23-/m0/s1. The van der Waals surface area contributed by atoms with Crippen molar-refractivity contribution >= 4 is 21.7 Å². The summed E-state index contributed by atoms with van der Waals surface area (Å²) in [5.74, 6) is 0.245. The van der Waals surface area contributed by atoms with Gasteiger partial charge in [-0.2, -0.15) is 0 Å². The van der Waals surface area contributed by atoms with Crippen molar-refractivity contribution in [2.24, 2.45) is 0 Å². The quantitative estimate of drug-likeness (QED) is 0.600. The zero-order valence-electron chi connectivity index (χ0n) is 20.4. The first-order valence-electron chi connectivity index (χ1n) is 12.1. The highest BCUT2D eigenvalue weighted by Gasteiger charge is 2.45. The van der Waals surface area contributed by atoms with Crippen molar-refractivity contribution in [3.05, 3.63) is 29.8 Å². The molecule has 3 fully saturated rings. The Morgan fingerprint density at radius 1 is 1.06 bits per heavy atom. The second-order valence-electron chi connectivity index (χ2n) is 9.97. The summed E-state index contributed by atoms with van der Waals surface area (Å²) in [5, 5.41) is 3.12. The van der Waals surface area contributed by atoms with E-state index in [0.717, 1.165) is 51.1 Å². The summed E-state index contributed by atoms with van der Waals surface area (Å²) in [5.41, 5.74) is 0.988. The van der Waals surface area contributed by atoms with Gasteiger partial charge in [0, 0.05) is 70.6 Å². The van der Waals surface area contributed by atoms with Crippen molar-refractivity contribution in [1.29, 1.82) is 0 Å². The molecule has 34 heavy (non-hydrogen) atoms. The molecule has 0 bridgehead atoms. The van der Waals surface area contributed by atoms with E-state index in [9.17, 15) is 18.0 Å². The first-order chi connectivity index (χ1) is 16.1. The van der Waals surface area contributed by atoms with Crippen LogP contribution in [-0.4, -0.2) is 118 Å². The number of sulfone groups is 1. The predicted octanol–water partition coefficient (Wildman–Crippen LogP) is 0.0174. The topological polar surface area (TPSA) is 93.3 Å². The fraction of sp³-hybridized carbons (Fsp3) is 0.667. The average Bonchev–Trinajstić information content (AvgIpc) is 3.17. The number of likely N-dealkylation sites (tertiary alicyclic amines) is 1. The van der Waals surface area contributed by atoms with Gasteiger partial charge in [-0.05, 0) is 44.6 Å². The number of carbonyl (C=O) groups excluding carboxylic acids is 2. The number of nitrogens with zero attached hydrogens (tertiary/aromatic N) is 4. The van der Waals surface area contributed by atoms with Crippen LogP contribution in [0.1, 0.15) is 24.8 Å². The van der Waals surface area contributed by atoms with Gasteiger partial charge in [-0.25, -0.2) is 8.42 Å². The molecule has 0 spiro atoms. The molecule has 0 saturated carbocycles. The average molecular weight is 492 g/mol. The van der Waals surface area contributed by atoms with Crippen LogP contribution in [0.2, 0.25) is 0 Å². The first-order valence-corrected chi connectivity index (χ1v) is 14.0. The Morgan fingerprint density at radius 2 is 1.74 bits per heavy atom. The molecule has 3 aliphatic rings. The molecular weight excluding hydrogens is 454 g/mol. The lowest BCUT2D eigenvalue weighted by atomic mass is 10.0. The second-order valence-corrected chi connectivity index (χ2v) is 12.0. The molecule has 188 valence electrons. The predicted molar refractivity (Wildman–Crippen MR) is 130 cm³/mol. The van der Waals surface area contributed by atoms with Crippen molar-refractivity contribution in [2.45, 2.75) is 48.8 Å². The Kier molecular flexibility index (Phi) is 7.61. The van der Waals surface area contributed by atoms with Crippen LogP contribution in [-0.2, 0) is 26.0 Å². The normalized spacial score (nSPS) is 27.3. The van der Waals surface area contributed by atoms with Gasteiger partial charge >= 0.3 is 0 Å². The van der Waals surface area contributed by atoms with Gasteiger partial charge < -0.3 is 15.1 Å². The second kappa shape index (κ2) is 10.3. The minimum atomic E-state index is -3.23. The SMILES string of the molecule is CN1CCN(C(=O)CC[C@H]2CNC(=O)[C@@H]3[C@@H](CCN3Cc3ccc(S(C)(=O)=O)cc3)N2C)CC1. The molecule has 1 aromatic rings. The highest BCUT2D eigenvalue weighted by molar-refractivity contribution is 7.90. The summed E-state index contributed by atoms with van der Waals surface area (Å²) in [6, 6.07) is 6.89. The van der Waals surface area contributed by atoms with Crippen molar-refractivity contribution in [3.63, 3.8) is 0 Å². The summed E-state index contributed by atoms with van der Waals surface area (Å²) in [6.07, 6.45) is 3.33. The fourth-order valence-electron chi connectivity index (χ4n) is 5.41. The Labute approximate surface area is 203 Å². The van der Waals surface area contributed by atoms with E-state index in [2.05, 4.69) is 34.1 Å². The molecule has 3 saturated heterocycles. The maximum atomic E-state index is 13.1. The van der Waals surface area contributed by atoms with Crippen LogP contribution < -0.4 is 5.32 Å². The molecule has 10 heteroatoms. The molecule has 3 heterocycles. The maximum absolute atomic E-state index is 13.1. The lowest BCUT2D eigenvalue weighted by Gasteiger charge is -2.35. The van der Waals surface area contributed by atoms with Crippen LogP contribution in [0, 0.1) is 0 Å². The van der Waals surface area contributed by atoms with E-state index in [4.69, 9.17) is 0 Å².